The molecule has 0 unspecified atom stereocenters. The van der Waals surface area contributed by atoms with Gasteiger partial charge in [-0.25, -0.2) is 0 Å². The number of aromatic nitrogens is 1. The third kappa shape index (κ3) is 1.93. The molecule has 0 saturated carbocycles. The summed E-state index contributed by atoms with van der Waals surface area (Å²) in [6, 6.07) is 9.42. The molecule has 16 heavy (non-hydrogen) atoms. The molecule has 0 bridgehead atoms. The highest BCUT2D eigenvalue weighted by atomic mass is 16.1. The van der Waals surface area contributed by atoms with E-state index < -0.39 is 0 Å². The molecule has 1 aromatic heterocycles. The van der Waals surface area contributed by atoms with Crippen LogP contribution in [0.2, 0.25) is 0 Å². The van der Waals surface area contributed by atoms with Crippen molar-refractivity contribution in [2.45, 2.75) is 6.92 Å². The van der Waals surface area contributed by atoms with Crippen molar-refractivity contribution in [2.24, 2.45) is 0 Å². The number of anilines is 1. The van der Waals surface area contributed by atoms with Gasteiger partial charge in [-0.15, -0.1) is 0 Å². The van der Waals surface area contributed by atoms with Gasteiger partial charge < -0.3 is 5.73 Å². The lowest BCUT2D eigenvalue weighted by Gasteiger charge is -2.05. The van der Waals surface area contributed by atoms with Gasteiger partial charge in [0.05, 0.1) is 0 Å². The number of benzene rings is 1. The maximum Gasteiger partial charge on any atom is 0.168 e. The molecule has 0 aliphatic carbocycles. The van der Waals surface area contributed by atoms with Crippen molar-refractivity contribution in [3.05, 3.63) is 47.8 Å². The Kier molecular flexibility index (Phi) is 2.68. The molecule has 0 radical (unpaired) electrons. The molecule has 2 rings (SSSR count). The molecule has 2 N–H and O–H groups in total. The van der Waals surface area contributed by atoms with E-state index in [0.29, 0.717) is 5.69 Å². The Morgan fingerprint density at radius 2 is 1.94 bits per heavy atom. The molecule has 0 aliphatic rings. The lowest BCUT2D eigenvalue weighted by atomic mass is 10.0. The first kappa shape index (κ1) is 10.4. The number of hydrogen-bond acceptors (Lipinski definition) is 3. The van der Waals surface area contributed by atoms with Crippen molar-refractivity contribution in [2.75, 3.05) is 5.73 Å². The van der Waals surface area contributed by atoms with Crippen molar-refractivity contribution < 1.29 is 4.79 Å². The summed E-state index contributed by atoms with van der Waals surface area (Å²) >= 11 is 0. The summed E-state index contributed by atoms with van der Waals surface area (Å²) < 4.78 is 0. The largest absolute Gasteiger partial charge is 0.398 e. The molecule has 3 nitrogen and oxygen atoms in total. The average molecular weight is 212 g/mol. The fourth-order valence-corrected chi connectivity index (χ4v) is 1.47. The molecule has 1 aromatic carbocycles. The zero-order valence-electron chi connectivity index (χ0n) is 8.97. The maximum absolute atomic E-state index is 10.5. The number of aldehydes is 1. The van der Waals surface area contributed by atoms with Crippen LogP contribution in [0.5, 0.6) is 0 Å². The van der Waals surface area contributed by atoms with E-state index >= 15 is 0 Å². The molecular weight excluding hydrogens is 200 g/mol. The monoisotopic (exact) mass is 212 g/mol. The number of nitrogens with two attached hydrogens (primary N) is 1. The summed E-state index contributed by atoms with van der Waals surface area (Å²) in [5.41, 5.74) is 10.1. The standard InChI is InChI=1S/C13H12N2O/c1-9-2-3-10(6-13(9)14)11-4-5-12(8-16)15-7-11/h2-8H,14H2,1H3. The number of carbonyl (C=O) groups excluding carboxylic acids is 1. The van der Waals surface area contributed by atoms with E-state index in [1.54, 1.807) is 12.3 Å². The van der Waals surface area contributed by atoms with Crippen LogP contribution in [0.25, 0.3) is 11.1 Å². The normalized spacial score (nSPS) is 10.1. The third-order valence-electron chi connectivity index (χ3n) is 2.52. The van der Waals surface area contributed by atoms with Gasteiger partial charge in [0.1, 0.15) is 5.69 Å². The zero-order chi connectivity index (χ0) is 11.5. The second kappa shape index (κ2) is 4.14. The van der Waals surface area contributed by atoms with Gasteiger partial charge in [0, 0.05) is 17.4 Å². The number of aryl methyl sites for hydroxylation is 1. The van der Waals surface area contributed by atoms with Crippen LogP contribution in [0.15, 0.2) is 36.5 Å². The van der Waals surface area contributed by atoms with Gasteiger partial charge in [-0.3, -0.25) is 9.78 Å². The average Bonchev–Trinajstić information content (AvgIpc) is 2.33. The summed E-state index contributed by atoms with van der Waals surface area (Å²) in [6.07, 6.45) is 2.40. The Morgan fingerprint density at radius 1 is 1.19 bits per heavy atom. The van der Waals surface area contributed by atoms with Gasteiger partial charge in [0.15, 0.2) is 6.29 Å². The molecule has 0 spiro atoms. The number of rotatable bonds is 2. The lowest BCUT2D eigenvalue weighted by molar-refractivity contribution is 0.111. The molecular formula is C13H12N2O. The van der Waals surface area contributed by atoms with Crippen LogP contribution in [0.1, 0.15) is 16.1 Å². The van der Waals surface area contributed by atoms with Crippen molar-refractivity contribution in [3.8, 4) is 11.1 Å². The fourth-order valence-electron chi connectivity index (χ4n) is 1.47. The fraction of sp³-hybridized carbons (Fsp3) is 0.0769. The number of carbonyl (C=O) groups is 1. The van der Waals surface area contributed by atoms with Crippen molar-refractivity contribution in [1.29, 1.82) is 0 Å². The minimum Gasteiger partial charge on any atom is -0.398 e. The Labute approximate surface area is 93.9 Å². The van der Waals surface area contributed by atoms with Gasteiger partial charge in [-0.1, -0.05) is 18.2 Å². The molecule has 3 heteroatoms. The van der Waals surface area contributed by atoms with Crippen LogP contribution < -0.4 is 5.73 Å². The van der Waals surface area contributed by atoms with Crippen molar-refractivity contribution in [3.63, 3.8) is 0 Å². The predicted octanol–water partition coefficient (Wildman–Crippen LogP) is 2.45. The number of hydrogen-bond donors (Lipinski definition) is 1. The number of pyridine rings is 1. The summed E-state index contributed by atoms with van der Waals surface area (Å²) in [6.45, 7) is 1.97. The molecule has 0 atom stereocenters. The summed E-state index contributed by atoms with van der Waals surface area (Å²) in [7, 11) is 0. The maximum atomic E-state index is 10.5. The minimum absolute atomic E-state index is 0.434. The number of nitrogens with zero attached hydrogens (tertiary/aromatic N) is 1. The first-order chi connectivity index (χ1) is 7.70. The highest BCUT2D eigenvalue weighted by Gasteiger charge is 2.01. The Morgan fingerprint density at radius 3 is 2.50 bits per heavy atom. The molecule has 0 aliphatic heterocycles. The second-order valence-corrected chi connectivity index (χ2v) is 3.66. The first-order valence-electron chi connectivity index (χ1n) is 4.98. The van der Waals surface area contributed by atoms with Crippen LogP contribution in [0.3, 0.4) is 0 Å². The van der Waals surface area contributed by atoms with Crippen molar-refractivity contribution >= 4 is 12.0 Å². The van der Waals surface area contributed by atoms with Gasteiger partial charge in [-0.2, -0.15) is 0 Å². The van der Waals surface area contributed by atoms with Crippen LogP contribution in [-0.2, 0) is 0 Å². The zero-order valence-corrected chi connectivity index (χ0v) is 8.97. The Balaban J connectivity index is 2.42. The second-order valence-electron chi connectivity index (χ2n) is 3.66. The first-order valence-corrected chi connectivity index (χ1v) is 4.98. The summed E-state index contributed by atoms with van der Waals surface area (Å²) in [5, 5.41) is 0. The lowest BCUT2D eigenvalue weighted by Crippen LogP contribution is -1.91. The molecule has 1 heterocycles. The quantitative estimate of drug-likeness (QED) is 0.614. The van der Waals surface area contributed by atoms with Gasteiger partial charge in [0.25, 0.3) is 0 Å². The molecule has 0 saturated heterocycles. The highest BCUT2D eigenvalue weighted by Crippen LogP contribution is 2.22. The van der Waals surface area contributed by atoms with Gasteiger partial charge in [-0.05, 0) is 30.2 Å². The van der Waals surface area contributed by atoms with E-state index in [4.69, 9.17) is 5.73 Å². The Hall–Kier alpha value is -2.16. The topological polar surface area (TPSA) is 56.0 Å². The van der Waals surface area contributed by atoms with Gasteiger partial charge >= 0.3 is 0 Å². The van der Waals surface area contributed by atoms with Crippen LogP contribution in [0, 0.1) is 6.92 Å². The number of nitrogen functional groups attached to an aromatic ring is 1. The van der Waals surface area contributed by atoms with Gasteiger partial charge in [0.2, 0.25) is 0 Å². The van der Waals surface area contributed by atoms with Crippen molar-refractivity contribution in [1.82, 2.24) is 4.98 Å². The van der Waals surface area contributed by atoms with Crippen LogP contribution >= 0.6 is 0 Å². The molecule has 80 valence electrons. The SMILES string of the molecule is Cc1ccc(-c2ccc(C=O)nc2)cc1N. The minimum atomic E-state index is 0.434. The summed E-state index contributed by atoms with van der Waals surface area (Å²) in [5.74, 6) is 0. The predicted molar refractivity (Wildman–Crippen MR) is 64.2 cm³/mol. The van der Waals surface area contributed by atoms with E-state index in [1.165, 1.54) is 0 Å². The Bertz CT molecular complexity index is 518. The van der Waals surface area contributed by atoms with E-state index in [0.717, 1.165) is 28.7 Å². The van der Waals surface area contributed by atoms with Crippen LogP contribution in [-0.4, -0.2) is 11.3 Å². The van der Waals surface area contributed by atoms with Crippen LogP contribution in [0.4, 0.5) is 5.69 Å². The van der Waals surface area contributed by atoms with E-state index in [2.05, 4.69) is 4.98 Å². The van der Waals surface area contributed by atoms with E-state index in [-0.39, 0.29) is 0 Å². The third-order valence-corrected chi connectivity index (χ3v) is 2.52. The molecule has 2 aromatic rings. The summed E-state index contributed by atoms with van der Waals surface area (Å²) in [4.78, 5) is 14.5. The van der Waals surface area contributed by atoms with E-state index in [9.17, 15) is 4.79 Å². The van der Waals surface area contributed by atoms with E-state index in [1.807, 2.05) is 31.2 Å². The molecule has 0 amide bonds. The molecule has 0 fully saturated rings. The smallest absolute Gasteiger partial charge is 0.168 e. The highest BCUT2D eigenvalue weighted by molar-refractivity contribution is 5.74.